The number of nitrogens with one attached hydrogen (secondary N) is 1. The second-order valence-corrected chi connectivity index (χ2v) is 8.75. The number of aliphatic imine (C=N–C) groups is 1. The van der Waals surface area contributed by atoms with Gasteiger partial charge in [0, 0.05) is 18.5 Å². The monoisotopic (exact) mass is 413 g/mol. The van der Waals surface area contributed by atoms with Crippen molar-refractivity contribution in [1.82, 2.24) is 9.62 Å². The van der Waals surface area contributed by atoms with Crippen LogP contribution in [0.25, 0.3) is 0 Å². The molecule has 2 aliphatic heterocycles. The Balaban J connectivity index is 1.42. The fourth-order valence-corrected chi connectivity index (χ4v) is 5.15. The highest BCUT2D eigenvalue weighted by molar-refractivity contribution is 7.90. The average molecular weight is 413 g/mol. The number of ether oxygens (including phenoxy) is 1. The lowest BCUT2D eigenvalue weighted by atomic mass is 10.0. The van der Waals surface area contributed by atoms with Gasteiger partial charge in [0.1, 0.15) is 11.6 Å². The molecule has 2 aliphatic rings. The summed E-state index contributed by atoms with van der Waals surface area (Å²) in [6.45, 7) is 0.957. The number of hydrogen-bond acceptors (Lipinski definition) is 5. The Morgan fingerprint density at radius 2 is 1.97 bits per heavy atom. The fraction of sp³-hybridized carbons (Fsp3) is 0.333. The van der Waals surface area contributed by atoms with Crippen LogP contribution in [0.5, 0.6) is 5.75 Å². The van der Waals surface area contributed by atoms with Crippen molar-refractivity contribution in [3.8, 4) is 5.75 Å². The summed E-state index contributed by atoms with van der Waals surface area (Å²) >= 11 is 0. The number of carbonyl (C=O) groups is 1. The van der Waals surface area contributed by atoms with E-state index in [1.165, 1.54) is 0 Å². The average Bonchev–Trinajstić information content (AvgIpc) is 3.32. The molecule has 0 unspecified atom stereocenters. The number of nitrogens with zero attached hydrogens (tertiary/aromatic N) is 2. The van der Waals surface area contributed by atoms with Crippen LogP contribution >= 0.6 is 0 Å². The molecule has 0 aliphatic carbocycles. The minimum atomic E-state index is -3.56. The van der Waals surface area contributed by atoms with Crippen molar-refractivity contribution in [3.05, 3.63) is 59.7 Å². The lowest BCUT2D eigenvalue weighted by Crippen LogP contribution is -2.31. The van der Waals surface area contributed by atoms with E-state index in [9.17, 15) is 13.2 Å². The van der Waals surface area contributed by atoms with Crippen LogP contribution in [-0.4, -0.2) is 45.3 Å². The van der Waals surface area contributed by atoms with Gasteiger partial charge in [0.05, 0.1) is 24.6 Å². The molecule has 29 heavy (non-hydrogen) atoms. The number of benzene rings is 2. The Labute approximate surface area is 170 Å². The van der Waals surface area contributed by atoms with Crippen molar-refractivity contribution < 1.29 is 17.9 Å². The van der Waals surface area contributed by atoms with Crippen LogP contribution < -0.4 is 9.46 Å². The molecule has 0 bridgehead atoms. The van der Waals surface area contributed by atoms with E-state index in [0.29, 0.717) is 11.4 Å². The van der Waals surface area contributed by atoms with E-state index in [1.807, 2.05) is 29.2 Å². The Bertz CT molecular complexity index is 1050. The maximum absolute atomic E-state index is 12.8. The van der Waals surface area contributed by atoms with E-state index in [2.05, 4.69) is 9.71 Å². The van der Waals surface area contributed by atoms with Gasteiger partial charge in [-0.05, 0) is 42.7 Å². The van der Waals surface area contributed by atoms with E-state index in [4.69, 9.17) is 4.74 Å². The maximum atomic E-state index is 12.8. The number of rotatable bonds is 5. The van der Waals surface area contributed by atoms with Gasteiger partial charge < -0.3 is 9.64 Å². The van der Waals surface area contributed by atoms with Crippen molar-refractivity contribution in [2.45, 2.75) is 30.2 Å². The molecule has 1 atom stereocenters. The van der Waals surface area contributed by atoms with Crippen LogP contribution in [-0.2, 0) is 14.8 Å². The topological polar surface area (TPSA) is 88.1 Å². The summed E-state index contributed by atoms with van der Waals surface area (Å²) in [4.78, 5) is 19.3. The summed E-state index contributed by atoms with van der Waals surface area (Å²) in [6.07, 6.45) is 2.13. The van der Waals surface area contributed by atoms with Crippen molar-refractivity contribution >= 4 is 21.8 Å². The fourth-order valence-electron chi connectivity index (χ4n) is 3.90. The van der Waals surface area contributed by atoms with E-state index >= 15 is 0 Å². The summed E-state index contributed by atoms with van der Waals surface area (Å²) in [7, 11) is -1.93. The highest BCUT2D eigenvalue weighted by atomic mass is 32.2. The van der Waals surface area contributed by atoms with E-state index in [1.54, 1.807) is 31.4 Å². The van der Waals surface area contributed by atoms with Crippen molar-refractivity contribution in [2.75, 3.05) is 20.2 Å². The molecule has 2 aromatic rings. The standard InChI is InChI=1S/C21H23N3O4S/c1-28-16-10-8-15(9-11-16)18-6-4-14-24(18)20(25)12-13-22-21-17-5-2-3-7-19(17)29(26,27)23-21/h2-3,5,7-11,18H,4,6,12-14H2,1H3,(H,22,23)/t18-/m0/s1. The van der Waals surface area contributed by atoms with Crippen molar-refractivity contribution in [3.63, 3.8) is 0 Å². The molecule has 2 aromatic carbocycles. The Morgan fingerprint density at radius 1 is 1.21 bits per heavy atom. The molecule has 0 radical (unpaired) electrons. The van der Waals surface area contributed by atoms with Gasteiger partial charge >= 0.3 is 0 Å². The van der Waals surface area contributed by atoms with Gasteiger partial charge in [0.2, 0.25) is 5.91 Å². The zero-order valence-corrected chi connectivity index (χ0v) is 17.0. The number of amidine groups is 1. The smallest absolute Gasteiger partial charge is 0.263 e. The minimum Gasteiger partial charge on any atom is -0.497 e. The largest absolute Gasteiger partial charge is 0.497 e. The molecule has 0 saturated carbocycles. The van der Waals surface area contributed by atoms with E-state index < -0.39 is 10.0 Å². The number of fused-ring (bicyclic) bond motifs is 1. The number of carbonyl (C=O) groups excluding carboxylic acids is 1. The first-order valence-corrected chi connectivity index (χ1v) is 11.1. The predicted octanol–water partition coefficient (Wildman–Crippen LogP) is 2.49. The second kappa shape index (κ2) is 7.87. The van der Waals surface area contributed by atoms with Crippen LogP contribution in [0.1, 0.15) is 36.4 Å². The molecule has 7 nitrogen and oxygen atoms in total. The lowest BCUT2D eigenvalue weighted by molar-refractivity contribution is -0.131. The summed E-state index contributed by atoms with van der Waals surface area (Å²) in [6, 6.07) is 14.6. The number of methoxy groups -OCH3 is 1. The molecule has 0 spiro atoms. The molecule has 4 rings (SSSR count). The van der Waals surface area contributed by atoms with Gasteiger partial charge in [-0.25, -0.2) is 8.42 Å². The maximum Gasteiger partial charge on any atom is 0.263 e. The quantitative estimate of drug-likeness (QED) is 0.816. The highest BCUT2D eigenvalue weighted by Gasteiger charge is 2.31. The first-order valence-electron chi connectivity index (χ1n) is 9.60. The van der Waals surface area contributed by atoms with Gasteiger partial charge in [0.15, 0.2) is 0 Å². The molecular formula is C21H23N3O4S. The molecule has 152 valence electrons. The number of hydrogen-bond donors (Lipinski definition) is 1. The third-order valence-electron chi connectivity index (χ3n) is 5.33. The van der Waals surface area contributed by atoms with Crippen LogP contribution in [0.3, 0.4) is 0 Å². The number of likely N-dealkylation sites (tertiary alicyclic amines) is 1. The molecule has 8 heteroatoms. The SMILES string of the molecule is COc1ccc([C@@H]2CCCN2C(=O)CCN=C2NS(=O)(=O)c3ccccc32)cc1. The molecule has 1 fully saturated rings. The highest BCUT2D eigenvalue weighted by Crippen LogP contribution is 2.33. The summed E-state index contributed by atoms with van der Waals surface area (Å²) in [5.41, 5.74) is 1.65. The van der Waals surface area contributed by atoms with Crippen LogP contribution in [0.4, 0.5) is 0 Å². The van der Waals surface area contributed by atoms with Crippen molar-refractivity contribution in [1.29, 1.82) is 0 Å². The molecule has 2 heterocycles. The summed E-state index contributed by atoms with van der Waals surface area (Å²) in [5, 5.41) is 0. The van der Waals surface area contributed by atoms with E-state index in [0.717, 1.165) is 30.7 Å². The van der Waals surface area contributed by atoms with Crippen molar-refractivity contribution in [2.24, 2.45) is 4.99 Å². The van der Waals surface area contributed by atoms with Gasteiger partial charge in [-0.1, -0.05) is 24.3 Å². The third-order valence-corrected chi connectivity index (χ3v) is 6.73. The Kier molecular flexibility index (Phi) is 5.27. The van der Waals surface area contributed by atoms with E-state index in [-0.39, 0.29) is 29.8 Å². The first kappa shape index (κ1) is 19.4. The normalized spacial score (nSPS) is 21.1. The molecular weight excluding hydrogens is 390 g/mol. The minimum absolute atomic E-state index is 0.0295. The molecule has 1 N–H and O–H groups in total. The van der Waals surface area contributed by atoms with Gasteiger partial charge in [-0.3, -0.25) is 14.5 Å². The summed E-state index contributed by atoms with van der Waals surface area (Å²) < 4.78 is 32.0. The van der Waals surface area contributed by atoms with Gasteiger partial charge in [-0.15, -0.1) is 0 Å². The molecule has 0 aromatic heterocycles. The summed E-state index contributed by atoms with van der Waals surface area (Å²) in [5.74, 6) is 1.13. The zero-order chi connectivity index (χ0) is 20.4. The van der Waals surface area contributed by atoms with Crippen LogP contribution in [0.2, 0.25) is 0 Å². The molecule has 1 saturated heterocycles. The second-order valence-electron chi connectivity index (χ2n) is 7.10. The van der Waals surface area contributed by atoms with Crippen LogP contribution in [0, 0.1) is 0 Å². The Morgan fingerprint density at radius 3 is 2.72 bits per heavy atom. The lowest BCUT2D eigenvalue weighted by Gasteiger charge is -2.25. The predicted molar refractivity (Wildman–Crippen MR) is 109 cm³/mol. The zero-order valence-electron chi connectivity index (χ0n) is 16.2. The Hall–Kier alpha value is -2.87. The third kappa shape index (κ3) is 3.85. The first-order chi connectivity index (χ1) is 14.0. The van der Waals surface area contributed by atoms with Gasteiger partial charge in [-0.2, -0.15) is 0 Å². The number of sulfonamides is 1. The van der Waals surface area contributed by atoms with Gasteiger partial charge in [0.25, 0.3) is 10.0 Å². The molecule has 1 amide bonds. The number of amides is 1. The van der Waals surface area contributed by atoms with Crippen LogP contribution in [0.15, 0.2) is 58.4 Å².